The van der Waals surface area contributed by atoms with Gasteiger partial charge < -0.3 is 0 Å². The van der Waals surface area contributed by atoms with Crippen molar-refractivity contribution in [2.24, 2.45) is 0 Å². The van der Waals surface area contributed by atoms with E-state index < -0.39 is 16.2 Å². The van der Waals surface area contributed by atoms with Gasteiger partial charge in [0, 0.05) is 11.3 Å². The smallest absolute Gasteiger partial charge is 0.0600 e. The Morgan fingerprint density at radius 2 is 0.414 bits per heavy atom. The molecule has 0 spiro atoms. The number of rotatable bonds is 12. The Morgan fingerprint density at radius 3 is 0.672 bits per heavy atom. The van der Waals surface area contributed by atoms with Crippen LogP contribution in [0.2, 0.25) is 0 Å². The number of hydrogen-bond donors (Lipinski definition) is 0. The van der Waals surface area contributed by atoms with Gasteiger partial charge in [-0.3, -0.25) is 0 Å². The van der Waals surface area contributed by atoms with Gasteiger partial charge in [0.05, 0.1) is 10.8 Å². The minimum Gasteiger partial charge on any atom is -0.0622 e. The van der Waals surface area contributed by atoms with Crippen LogP contribution in [0.15, 0.2) is 273 Å². The van der Waals surface area contributed by atoms with Crippen LogP contribution in [0.1, 0.15) is 56.0 Å². The van der Waals surface area contributed by atoms with Crippen molar-refractivity contribution in [3.63, 3.8) is 0 Å². The molecule has 0 aromatic heterocycles. The van der Waals surface area contributed by atoms with Gasteiger partial charge in [0.25, 0.3) is 0 Å². The SMILES string of the molecule is c1ccc(C(c2ccccc2)C(c2ccccc2)(c2ccccc2)C(c2ccccc2)(c2ccccc2)C(c2ccccc2)(c2ccccc2)c2ccccc2)cc1. The molecule has 9 aromatic carbocycles. The molecule has 0 aliphatic heterocycles. The maximum Gasteiger partial charge on any atom is 0.0600 e. The molecule has 0 heteroatoms. The van der Waals surface area contributed by atoms with Gasteiger partial charge in [0.2, 0.25) is 0 Å². The number of hydrogen-bond acceptors (Lipinski definition) is 0. The molecule has 58 heavy (non-hydrogen) atoms. The third kappa shape index (κ3) is 5.84. The van der Waals surface area contributed by atoms with Crippen LogP contribution in [-0.2, 0) is 16.2 Å². The summed E-state index contributed by atoms with van der Waals surface area (Å²) in [4.78, 5) is 0. The zero-order valence-corrected chi connectivity index (χ0v) is 32.6. The predicted octanol–water partition coefficient (Wildman–Crippen LogP) is 13.8. The van der Waals surface area contributed by atoms with Crippen LogP contribution in [-0.4, -0.2) is 0 Å². The van der Waals surface area contributed by atoms with Crippen molar-refractivity contribution in [2.75, 3.05) is 0 Å². The first-order valence-electron chi connectivity index (χ1n) is 20.3. The second-order valence-corrected chi connectivity index (χ2v) is 15.1. The zero-order valence-electron chi connectivity index (χ0n) is 32.6. The lowest BCUT2D eigenvalue weighted by Crippen LogP contribution is -2.66. The summed E-state index contributed by atoms with van der Waals surface area (Å²) < 4.78 is 0. The molecule has 0 unspecified atom stereocenters. The van der Waals surface area contributed by atoms with E-state index in [1.165, 1.54) is 50.1 Å². The van der Waals surface area contributed by atoms with Crippen molar-refractivity contribution in [3.05, 3.63) is 323 Å². The molecular weight excluding hydrogens is 697 g/mol. The zero-order chi connectivity index (χ0) is 39.1. The fraction of sp³-hybridized carbons (Fsp3) is 0.0690. The first kappa shape index (κ1) is 36.6. The van der Waals surface area contributed by atoms with E-state index in [0.29, 0.717) is 0 Å². The standard InChI is InChI=1S/C58H46/c1-10-28-46(29-11-1)55(47-30-12-2-13-31-47)57(51-38-20-6-21-39-51,52-40-22-7-23-41-52)58(53-42-24-8-25-43-53,54-44-26-9-27-45-54)56(48-32-14-3-15-33-48,49-34-16-4-17-35-49)50-36-18-5-19-37-50/h1-45,55H. The van der Waals surface area contributed by atoms with Crippen LogP contribution in [0, 0.1) is 0 Å². The molecule has 9 aromatic rings. The lowest BCUT2D eigenvalue weighted by atomic mass is 9.35. The van der Waals surface area contributed by atoms with Crippen molar-refractivity contribution in [1.29, 1.82) is 0 Å². The molecule has 0 saturated carbocycles. The Kier molecular flexibility index (Phi) is 10.2. The Morgan fingerprint density at radius 1 is 0.207 bits per heavy atom. The number of benzene rings is 9. The van der Waals surface area contributed by atoms with E-state index in [4.69, 9.17) is 0 Å². The normalized spacial score (nSPS) is 11.9. The molecule has 0 nitrogen and oxygen atoms in total. The van der Waals surface area contributed by atoms with Crippen LogP contribution in [0.25, 0.3) is 0 Å². The average molecular weight is 743 g/mol. The highest BCUT2D eigenvalue weighted by Gasteiger charge is 2.70. The third-order valence-electron chi connectivity index (χ3n) is 12.3. The van der Waals surface area contributed by atoms with Crippen LogP contribution in [0.4, 0.5) is 0 Å². The summed E-state index contributed by atoms with van der Waals surface area (Å²) in [6.07, 6.45) is 0. The summed E-state index contributed by atoms with van der Waals surface area (Å²) in [6, 6.07) is 102. The predicted molar refractivity (Wildman–Crippen MR) is 241 cm³/mol. The quantitative estimate of drug-likeness (QED) is 0.109. The molecule has 0 atom stereocenters. The van der Waals surface area contributed by atoms with Crippen LogP contribution in [0.5, 0.6) is 0 Å². The van der Waals surface area contributed by atoms with Gasteiger partial charge >= 0.3 is 0 Å². The van der Waals surface area contributed by atoms with Crippen LogP contribution < -0.4 is 0 Å². The maximum atomic E-state index is 2.39. The molecule has 0 saturated heterocycles. The van der Waals surface area contributed by atoms with Gasteiger partial charge in [-0.1, -0.05) is 273 Å². The van der Waals surface area contributed by atoms with Crippen molar-refractivity contribution in [3.8, 4) is 0 Å². The second kappa shape index (κ2) is 16.2. The van der Waals surface area contributed by atoms with Crippen molar-refractivity contribution in [1.82, 2.24) is 0 Å². The molecule has 0 heterocycles. The van der Waals surface area contributed by atoms with Crippen LogP contribution >= 0.6 is 0 Å². The Labute approximate surface area is 343 Å². The highest BCUT2D eigenvalue weighted by Crippen LogP contribution is 2.70. The van der Waals surface area contributed by atoms with Crippen molar-refractivity contribution in [2.45, 2.75) is 22.2 Å². The molecule has 0 N–H and O–H groups in total. The van der Waals surface area contributed by atoms with E-state index in [1.807, 2.05) is 0 Å². The molecule has 9 rings (SSSR count). The molecular formula is C58H46. The monoisotopic (exact) mass is 742 g/mol. The Hall–Kier alpha value is -7.02. The maximum absolute atomic E-state index is 2.39. The Balaban J connectivity index is 1.69. The van der Waals surface area contributed by atoms with Gasteiger partial charge in [-0.25, -0.2) is 0 Å². The second-order valence-electron chi connectivity index (χ2n) is 15.1. The van der Waals surface area contributed by atoms with Crippen molar-refractivity contribution >= 4 is 0 Å². The minimum atomic E-state index is -0.939. The molecule has 0 radical (unpaired) electrons. The summed E-state index contributed by atoms with van der Waals surface area (Å²) in [6.45, 7) is 0. The molecule has 0 bridgehead atoms. The average Bonchev–Trinajstić information content (AvgIpc) is 3.33. The highest BCUT2D eigenvalue weighted by molar-refractivity contribution is 5.71. The molecule has 0 aliphatic rings. The van der Waals surface area contributed by atoms with E-state index >= 15 is 0 Å². The minimum absolute atomic E-state index is 0.212. The van der Waals surface area contributed by atoms with Crippen molar-refractivity contribution < 1.29 is 0 Å². The summed E-state index contributed by atoms with van der Waals surface area (Å²) in [7, 11) is 0. The highest BCUT2D eigenvalue weighted by atomic mass is 14.7. The first-order valence-corrected chi connectivity index (χ1v) is 20.3. The summed E-state index contributed by atoms with van der Waals surface area (Å²) in [5.41, 5.74) is 8.27. The topological polar surface area (TPSA) is 0 Å². The van der Waals surface area contributed by atoms with Gasteiger partial charge in [-0.15, -0.1) is 0 Å². The van der Waals surface area contributed by atoms with E-state index in [9.17, 15) is 0 Å². The molecule has 0 amide bonds. The fourth-order valence-electron chi connectivity index (χ4n) is 10.5. The van der Waals surface area contributed by atoms with Gasteiger partial charge in [-0.05, 0) is 50.1 Å². The van der Waals surface area contributed by atoms with Crippen LogP contribution in [0.3, 0.4) is 0 Å². The molecule has 278 valence electrons. The van der Waals surface area contributed by atoms with E-state index in [-0.39, 0.29) is 5.92 Å². The van der Waals surface area contributed by atoms with E-state index in [1.54, 1.807) is 0 Å². The van der Waals surface area contributed by atoms with E-state index in [0.717, 1.165) is 0 Å². The lowest BCUT2D eigenvalue weighted by molar-refractivity contribution is 0.199. The summed E-state index contributed by atoms with van der Waals surface area (Å²) >= 11 is 0. The summed E-state index contributed by atoms with van der Waals surface area (Å²) in [5, 5.41) is 0. The Bertz CT molecular complexity index is 2390. The fourth-order valence-corrected chi connectivity index (χ4v) is 10.5. The molecule has 0 fully saturated rings. The summed E-state index contributed by atoms with van der Waals surface area (Å²) in [5.74, 6) is -0.212. The van der Waals surface area contributed by atoms with Gasteiger partial charge in [0.1, 0.15) is 0 Å². The van der Waals surface area contributed by atoms with E-state index in [2.05, 4.69) is 273 Å². The van der Waals surface area contributed by atoms with Gasteiger partial charge in [-0.2, -0.15) is 0 Å². The third-order valence-corrected chi connectivity index (χ3v) is 12.3. The largest absolute Gasteiger partial charge is 0.0622 e. The lowest BCUT2D eigenvalue weighted by Gasteiger charge is -2.65. The molecule has 0 aliphatic carbocycles. The first-order chi connectivity index (χ1) is 28.8. The van der Waals surface area contributed by atoms with Gasteiger partial charge in [0.15, 0.2) is 0 Å².